The van der Waals surface area contributed by atoms with Crippen LogP contribution in [0.3, 0.4) is 0 Å². The summed E-state index contributed by atoms with van der Waals surface area (Å²) in [5, 5.41) is 11.6. The first-order valence-corrected chi connectivity index (χ1v) is 5.35. The standard InChI is InChI=1S/C10H18N2O3/c1-3-7(4-2)12-6-9(13)11-5-8(12)10(14)15/h7-8H,3-6H2,1-2H3,(H,11,13)(H,14,15). The van der Waals surface area contributed by atoms with Crippen molar-refractivity contribution >= 4 is 11.9 Å². The van der Waals surface area contributed by atoms with E-state index >= 15 is 0 Å². The summed E-state index contributed by atoms with van der Waals surface area (Å²) in [6, 6.07) is -0.398. The minimum Gasteiger partial charge on any atom is -0.480 e. The minimum atomic E-state index is -0.859. The zero-order valence-electron chi connectivity index (χ0n) is 9.19. The molecule has 0 spiro atoms. The first-order chi connectivity index (χ1) is 7.10. The molecule has 1 rings (SSSR count). The Morgan fingerprint density at radius 2 is 2.20 bits per heavy atom. The Bertz CT molecular complexity index is 251. The molecule has 0 aromatic carbocycles. The van der Waals surface area contributed by atoms with E-state index in [0.717, 1.165) is 12.8 Å². The highest BCUT2D eigenvalue weighted by Crippen LogP contribution is 2.14. The molecule has 1 saturated heterocycles. The molecule has 0 aliphatic carbocycles. The zero-order valence-corrected chi connectivity index (χ0v) is 9.19. The number of nitrogens with one attached hydrogen (secondary N) is 1. The molecule has 15 heavy (non-hydrogen) atoms. The third-order valence-corrected chi connectivity index (χ3v) is 2.92. The van der Waals surface area contributed by atoms with Crippen LogP contribution in [-0.4, -0.2) is 47.1 Å². The van der Waals surface area contributed by atoms with Gasteiger partial charge >= 0.3 is 5.97 Å². The highest BCUT2D eigenvalue weighted by Gasteiger charge is 2.34. The number of rotatable bonds is 4. The Morgan fingerprint density at radius 1 is 1.60 bits per heavy atom. The minimum absolute atomic E-state index is 0.0839. The molecule has 1 amide bonds. The van der Waals surface area contributed by atoms with Crippen molar-refractivity contribution in [2.24, 2.45) is 0 Å². The van der Waals surface area contributed by atoms with Crippen LogP contribution in [0.5, 0.6) is 0 Å². The SMILES string of the molecule is CCC(CC)N1CC(=O)NCC1C(=O)O. The van der Waals surface area contributed by atoms with Crippen molar-refractivity contribution < 1.29 is 14.7 Å². The lowest BCUT2D eigenvalue weighted by Gasteiger charge is -2.37. The summed E-state index contributed by atoms with van der Waals surface area (Å²) in [6.45, 7) is 4.44. The molecule has 0 aromatic heterocycles. The van der Waals surface area contributed by atoms with Crippen LogP contribution in [0.2, 0.25) is 0 Å². The largest absolute Gasteiger partial charge is 0.480 e. The molecule has 0 radical (unpaired) electrons. The summed E-state index contributed by atoms with van der Waals surface area (Å²) < 4.78 is 0. The maximum Gasteiger partial charge on any atom is 0.322 e. The van der Waals surface area contributed by atoms with Crippen molar-refractivity contribution in [2.75, 3.05) is 13.1 Å². The quantitative estimate of drug-likeness (QED) is 0.694. The summed E-state index contributed by atoms with van der Waals surface area (Å²) in [5.41, 5.74) is 0. The number of piperazine rings is 1. The maximum atomic E-state index is 11.2. The Kier molecular flexibility index (Phi) is 4.08. The molecule has 2 N–H and O–H groups in total. The molecule has 5 heteroatoms. The molecule has 86 valence electrons. The molecule has 0 saturated carbocycles. The van der Waals surface area contributed by atoms with Gasteiger partial charge in [-0.25, -0.2) is 0 Å². The first-order valence-electron chi connectivity index (χ1n) is 5.35. The fourth-order valence-electron chi connectivity index (χ4n) is 2.03. The predicted molar refractivity (Wildman–Crippen MR) is 55.5 cm³/mol. The molecule has 0 bridgehead atoms. The molecule has 1 heterocycles. The van der Waals surface area contributed by atoms with E-state index in [2.05, 4.69) is 5.32 Å². The number of aliphatic carboxylic acids is 1. The van der Waals surface area contributed by atoms with Gasteiger partial charge < -0.3 is 10.4 Å². The average Bonchev–Trinajstić information content (AvgIpc) is 2.19. The molecule has 1 aliphatic rings. The third kappa shape index (κ3) is 2.68. The predicted octanol–water partition coefficient (Wildman–Crippen LogP) is 0.0600. The molecular formula is C10H18N2O3. The van der Waals surface area contributed by atoms with Crippen molar-refractivity contribution in [3.63, 3.8) is 0 Å². The molecule has 1 fully saturated rings. The van der Waals surface area contributed by atoms with E-state index in [1.165, 1.54) is 0 Å². The van der Waals surface area contributed by atoms with Crippen molar-refractivity contribution in [3.8, 4) is 0 Å². The highest BCUT2D eigenvalue weighted by atomic mass is 16.4. The van der Waals surface area contributed by atoms with Gasteiger partial charge in [0.25, 0.3) is 0 Å². The molecular weight excluding hydrogens is 196 g/mol. The molecule has 1 aliphatic heterocycles. The molecule has 1 unspecified atom stereocenters. The van der Waals surface area contributed by atoms with E-state index in [0.29, 0.717) is 0 Å². The summed E-state index contributed by atoms with van der Waals surface area (Å²) >= 11 is 0. The van der Waals surface area contributed by atoms with Gasteiger partial charge in [-0.05, 0) is 12.8 Å². The van der Waals surface area contributed by atoms with Crippen molar-refractivity contribution in [1.29, 1.82) is 0 Å². The molecule has 5 nitrogen and oxygen atoms in total. The Balaban J connectivity index is 2.77. The van der Waals surface area contributed by atoms with E-state index in [9.17, 15) is 9.59 Å². The fraction of sp³-hybridized carbons (Fsp3) is 0.800. The number of carbonyl (C=O) groups is 2. The number of hydrogen-bond acceptors (Lipinski definition) is 3. The first kappa shape index (κ1) is 12.0. The van der Waals surface area contributed by atoms with Crippen LogP contribution in [-0.2, 0) is 9.59 Å². The normalized spacial score (nSPS) is 22.9. The van der Waals surface area contributed by atoms with E-state index < -0.39 is 12.0 Å². The lowest BCUT2D eigenvalue weighted by Crippen LogP contribution is -2.60. The van der Waals surface area contributed by atoms with Gasteiger partial charge in [-0.1, -0.05) is 13.8 Å². The van der Waals surface area contributed by atoms with Crippen LogP contribution in [0.1, 0.15) is 26.7 Å². The van der Waals surface area contributed by atoms with E-state index in [4.69, 9.17) is 5.11 Å². The van der Waals surface area contributed by atoms with Crippen LogP contribution < -0.4 is 5.32 Å². The summed E-state index contributed by atoms with van der Waals surface area (Å²) in [4.78, 5) is 24.0. The van der Waals surface area contributed by atoms with Gasteiger partial charge in [0.1, 0.15) is 6.04 Å². The van der Waals surface area contributed by atoms with Gasteiger partial charge in [0.05, 0.1) is 6.54 Å². The average molecular weight is 214 g/mol. The van der Waals surface area contributed by atoms with Gasteiger partial charge in [-0.15, -0.1) is 0 Å². The second kappa shape index (κ2) is 5.11. The van der Waals surface area contributed by atoms with E-state index in [-0.39, 0.29) is 25.0 Å². The van der Waals surface area contributed by atoms with E-state index in [1.807, 2.05) is 13.8 Å². The van der Waals surface area contributed by atoms with Gasteiger partial charge in [0, 0.05) is 12.6 Å². The summed E-state index contributed by atoms with van der Waals surface area (Å²) in [7, 11) is 0. The lowest BCUT2D eigenvalue weighted by molar-refractivity contribution is -0.147. The number of hydrogen-bond donors (Lipinski definition) is 2. The second-order valence-corrected chi connectivity index (χ2v) is 3.80. The maximum absolute atomic E-state index is 11.2. The monoisotopic (exact) mass is 214 g/mol. The number of nitrogens with zero attached hydrogens (tertiary/aromatic N) is 1. The van der Waals surface area contributed by atoms with Gasteiger partial charge in [0.2, 0.25) is 5.91 Å². The third-order valence-electron chi connectivity index (χ3n) is 2.92. The topological polar surface area (TPSA) is 69.6 Å². The van der Waals surface area contributed by atoms with Crippen LogP contribution >= 0.6 is 0 Å². The number of amides is 1. The number of carboxylic acids is 1. The van der Waals surface area contributed by atoms with Gasteiger partial charge in [-0.2, -0.15) is 0 Å². The number of carbonyl (C=O) groups excluding carboxylic acids is 1. The van der Waals surface area contributed by atoms with Crippen LogP contribution in [0.25, 0.3) is 0 Å². The number of carboxylic acid groups (broad SMARTS) is 1. The summed E-state index contributed by atoms with van der Waals surface area (Å²) in [6.07, 6.45) is 1.74. The van der Waals surface area contributed by atoms with Crippen molar-refractivity contribution in [1.82, 2.24) is 10.2 Å². The van der Waals surface area contributed by atoms with Crippen molar-refractivity contribution in [2.45, 2.75) is 38.8 Å². The fourth-order valence-corrected chi connectivity index (χ4v) is 2.03. The molecule has 1 atom stereocenters. The molecule has 0 aromatic rings. The Morgan fingerprint density at radius 3 is 2.67 bits per heavy atom. The van der Waals surface area contributed by atoms with Crippen LogP contribution in [0.15, 0.2) is 0 Å². The Labute approximate surface area is 89.4 Å². The zero-order chi connectivity index (χ0) is 11.4. The van der Waals surface area contributed by atoms with Gasteiger partial charge in [-0.3, -0.25) is 14.5 Å². The van der Waals surface area contributed by atoms with Crippen LogP contribution in [0, 0.1) is 0 Å². The second-order valence-electron chi connectivity index (χ2n) is 3.80. The van der Waals surface area contributed by atoms with Crippen LogP contribution in [0.4, 0.5) is 0 Å². The Hall–Kier alpha value is -1.10. The van der Waals surface area contributed by atoms with Gasteiger partial charge in [0.15, 0.2) is 0 Å². The lowest BCUT2D eigenvalue weighted by atomic mass is 10.1. The highest BCUT2D eigenvalue weighted by molar-refractivity contribution is 5.83. The van der Waals surface area contributed by atoms with Crippen molar-refractivity contribution in [3.05, 3.63) is 0 Å². The summed E-state index contributed by atoms with van der Waals surface area (Å²) in [5.74, 6) is -0.943. The smallest absolute Gasteiger partial charge is 0.322 e. The van der Waals surface area contributed by atoms with E-state index in [1.54, 1.807) is 4.90 Å².